The fourth-order valence-electron chi connectivity index (χ4n) is 9.66. The standard InChI is InChI=1S/C41H68O33/c42-3-1-2-10(49)35(61)68-34-27(60)41-67-16(9-48)33(34)74-40-26(59)21(54)31(14(7-46)66-40)72-38-24(57)19(52)29(12(5-44)64-38)70-36-22(55)17(50)28(11(4-43)62-36)69-37-23(56)18(51)30(13(6-45)63-37)71-39-25(58)20(53)32(73-41)15(8-47)65-39/h10-34,36-60H,1-9H2/t10?,11-,12-,13-,14-,15-,16-,17-,18-,19-,20-,21-,22-,23-,24-,25-,26-,27-,28-,29-,30-,31-,32-,33+,34-,36-,37-,38-,39-,40-,41-/m1/s1. The Morgan fingerprint density at radius 1 is 0.338 bits per heavy atom. The fourth-order valence-corrected chi connectivity index (χ4v) is 9.66. The lowest BCUT2D eigenvalue weighted by Crippen LogP contribution is -2.69. The van der Waals surface area contributed by atoms with Crippen molar-refractivity contribution in [1.82, 2.24) is 0 Å². The molecule has 74 heavy (non-hydrogen) atoms. The minimum atomic E-state index is -2.32. The van der Waals surface area contributed by atoms with E-state index >= 15 is 0 Å². The highest BCUT2D eigenvalue weighted by Crippen LogP contribution is 2.38. The molecule has 33 nitrogen and oxygen atoms in total. The molecule has 22 aliphatic rings. The second-order valence-corrected chi connectivity index (χ2v) is 18.6. The largest absolute Gasteiger partial charge is 0.455 e. The van der Waals surface area contributed by atoms with Crippen LogP contribution < -0.4 is 0 Å². The second kappa shape index (κ2) is 26.0. The van der Waals surface area contributed by atoms with E-state index in [1.165, 1.54) is 0 Å². The van der Waals surface area contributed by atoms with Gasteiger partial charge in [0.15, 0.2) is 49.9 Å². The molecular weight excluding hydrogens is 1020 g/mol. The van der Waals surface area contributed by atoms with Crippen LogP contribution >= 0.6 is 0 Å². The van der Waals surface area contributed by atoms with E-state index in [1.807, 2.05) is 0 Å². The Bertz CT molecular complexity index is 1730. The number of aliphatic hydroxyl groups is 19. The zero-order chi connectivity index (χ0) is 54.0. The maximum Gasteiger partial charge on any atom is 0.335 e. The Morgan fingerprint density at radius 3 is 0.811 bits per heavy atom. The van der Waals surface area contributed by atoms with Gasteiger partial charge in [-0.2, -0.15) is 0 Å². The van der Waals surface area contributed by atoms with Gasteiger partial charge >= 0.3 is 5.97 Å². The first-order chi connectivity index (χ1) is 35.3. The summed E-state index contributed by atoms with van der Waals surface area (Å²) in [4.78, 5) is 13.3. The van der Waals surface area contributed by atoms with E-state index in [0.717, 1.165) is 0 Å². The first-order valence-corrected chi connectivity index (χ1v) is 23.8. The van der Waals surface area contributed by atoms with Crippen molar-refractivity contribution in [2.75, 3.05) is 46.2 Å². The van der Waals surface area contributed by atoms with Crippen molar-refractivity contribution in [1.29, 1.82) is 0 Å². The van der Waals surface area contributed by atoms with Crippen LogP contribution in [0.4, 0.5) is 0 Å². The number of ether oxygens (including phenoxy) is 13. The minimum absolute atomic E-state index is 0.116. The Balaban J connectivity index is 1.23. The average Bonchev–Trinajstić information content (AvgIpc) is 3.39. The van der Waals surface area contributed by atoms with Gasteiger partial charge in [0.2, 0.25) is 0 Å². The van der Waals surface area contributed by atoms with Crippen LogP contribution in [0.2, 0.25) is 0 Å². The van der Waals surface area contributed by atoms with E-state index in [9.17, 15) is 102 Å². The van der Waals surface area contributed by atoms with Crippen LogP contribution in [-0.2, 0) is 66.4 Å². The van der Waals surface area contributed by atoms with Gasteiger partial charge in [-0.15, -0.1) is 0 Å². The molecule has 0 aromatic carbocycles. The van der Waals surface area contributed by atoms with E-state index < -0.39 is 243 Å². The maximum absolute atomic E-state index is 13.3. The second-order valence-electron chi connectivity index (χ2n) is 18.6. The van der Waals surface area contributed by atoms with Crippen LogP contribution in [0.5, 0.6) is 0 Å². The topological polar surface area (TPSA) is 521 Å². The van der Waals surface area contributed by atoms with Crippen molar-refractivity contribution in [2.45, 2.75) is 203 Å². The van der Waals surface area contributed by atoms with Crippen molar-refractivity contribution in [3.05, 3.63) is 0 Å². The number of esters is 1. The van der Waals surface area contributed by atoms with E-state index in [4.69, 9.17) is 61.6 Å². The van der Waals surface area contributed by atoms with Crippen LogP contribution in [0, 0.1) is 0 Å². The predicted octanol–water partition coefficient (Wildman–Crippen LogP) is -13.4. The zero-order valence-corrected chi connectivity index (χ0v) is 39.0. The highest BCUT2D eigenvalue weighted by molar-refractivity contribution is 5.74. The summed E-state index contributed by atoms with van der Waals surface area (Å²) in [5.74, 6) is -1.45. The highest BCUT2D eigenvalue weighted by atomic mass is 16.8. The van der Waals surface area contributed by atoms with Gasteiger partial charge < -0.3 is 159 Å². The number of hydrogen-bond acceptors (Lipinski definition) is 33. The Hall–Kier alpha value is -1.77. The van der Waals surface area contributed by atoms with Crippen molar-refractivity contribution in [2.24, 2.45) is 0 Å². The third-order valence-corrected chi connectivity index (χ3v) is 13.8. The molecular formula is C41H68O33. The van der Waals surface area contributed by atoms with E-state index in [2.05, 4.69) is 0 Å². The van der Waals surface area contributed by atoms with Crippen molar-refractivity contribution < 1.29 is 163 Å². The van der Waals surface area contributed by atoms with Gasteiger partial charge in [0.1, 0.15) is 140 Å². The number of rotatable bonds is 11. The van der Waals surface area contributed by atoms with Crippen LogP contribution in [0.25, 0.3) is 0 Å². The monoisotopic (exact) mass is 1090 g/mol. The molecule has 19 N–H and O–H groups in total. The van der Waals surface area contributed by atoms with Gasteiger partial charge in [0, 0.05) is 6.61 Å². The normalized spacial score (nSPS) is 51.0. The summed E-state index contributed by atoms with van der Waals surface area (Å²) in [6, 6.07) is 0. The van der Waals surface area contributed by atoms with Gasteiger partial charge in [0.05, 0.1) is 39.6 Å². The number of aliphatic hydroxyl groups excluding tert-OH is 19. The quantitative estimate of drug-likeness (QED) is 0.0854. The average molecular weight is 1090 g/mol. The lowest BCUT2D eigenvalue weighted by atomic mass is 9.94. The van der Waals surface area contributed by atoms with Gasteiger partial charge in [-0.25, -0.2) is 4.79 Å². The predicted molar refractivity (Wildman–Crippen MR) is 222 cm³/mol. The summed E-state index contributed by atoms with van der Waals surface area (Å²) in [7, 11) is 0. The molecule has 12 bridgehead atoms. The molecule has 33 heteroatoms. The van der Waals surface area contributed by atoms with Crippen molar-refractivity contribution >= 4 is 5.97 Å². The smallest absolute Gasteiger partial charge is 0.335 e. The molecule has 31 atom stereocenters. The number of hydrogen-bond donors (Lipinski definition) is 19. The minimum Gasteiger partial charge on any atom is -0.455 e. The molecule has 0 spiro atoms. The molecule has 0 aliphatic carbocycles. The third kappa shape index (κ3) is 12.2. The molecule has 22 fully saturated rings. The Labute approximate surface area is 418 Å². The molecule has 430 valence electrons. The number of carbonyl (C=O) groups excluding carboxylic acids is 1. The molecule has 0 amide bonds. The third-order valence-electron chi connectivity index (χ3n) is 13.8. The van der Waals surface area contributed by atoms with Gasteiger partial charge in [-0.05, 0) is 12.8 Å². The molecule has 0 aromatic rings. The highest BCUT2D eigenvalue weighted by Gasteiger charge is 2.59. The fraction of sp³-hybridized carbons (Fsp3) is 0.976. The van der Waals surface area contributed by atoms with E-state index in [-0.39, 0.29) is 12.8 Å². The SMILES string of the molecule is O=C(O[C@@H]1[C@@H](O)[C@H]2O[C@H]3[C@H](O)[C@@H](O)[C@@H](O[C@H]4[C@H](O)[C@@H](O)[C@@H](O[C@H]5[C@H](O)[C@@H](O)[C@@H](O[C@H]6[C@H](O)[C@@H](O)[C@@H](O[C@H]7[C@H](O)[C@@H](O)[C@@H](O[C@H]1[C@@H](CO)O2)O[C@@H]7CO)O[C@@H]6CO)O[C@@H]5CO)O[C@@H]4CO)O[C@@H]3CO)C(O)CCCO. The molecule has 0 aromatic heterocycles. The Morgan fingerprint density at radius 2 is 0.568 bits per heavy atom. The van der Waals surface area contributed by atoms with Gasteiger partial charge in [-0.3, -0.25) is 0 Å². The summed E-state index contributed by atoms with van der Waals surface area (Å²) < 4.78 is 74.1. The first-order valence-electron chi connectivity index (χ1n) is 23.8. The van der Waals surface area contributed by atoms with Crippen molar-refractivity contribution in [3.63, 3.8) is 0 Å². The van der Waals surface area contributed by atoms with Crippen LogP contribution in [0.15, 0.2) is 0 Å². The summed E-state index contributed by atoms with van der Waals surface area (Å²) >= 11 is 0. The summed E-state index contributed by atoms with van der Waals surface area (Å²) in [6.07, 6.45) is -63.4. The summed E-state index contributed by atoms with van der Waals surface area (Å²) in [5, 5.41) is 207. The molecule has 0 radical (unpaired) electrons. The molecule has 22 heterocycles. The zero-order valence-electron chi connectivity index (χ0n) is 39.0. The molecule has 22 aliphatic heterocycles. The van der Waals surface area contributed by atoms with E-state index in [0.29, 0.717) is 0 Å². The molecule has 1 unspecified atom stereocenters. The number of carbonyl (C=O) groups is 1. The summed E-state index contributed by atoms with van der Waals surface area (Å²) in [6.45, 7) is -6.84. The maximum atomic E-state index is 13.3. The van der Waals surface area contributed by atoms with Crippen LogP contribution in [0.3, 0.4) is 0 Å². The lowest BCUT2D eigenvalue weighted by Gasteiger charge is -2.51. The Kier molecular flexibility index (Phi) is 21.0. The van der Waals surface area contributed by atoms with Crippen molar-refractivity contribution in [3.8, 4) is 0 Å². The van der Waals surface area contributed by atoms with Gasteiger partial charge in [-0.1, -0.05) is 0 Å². The molecule has 0 saturated carbocycles. The van der Waals surface area contributed by atoms with Crippen LogP contribution in [-0.4, -0.2) is 340 Å². The molecule has 22 rings (SSSR count). The lowest BCUT2D eigenvalue weighted by molar-refractivity contribution is -0.404. The van der Waals surface area contributed by atoms with E-state index in [1.54, 1.807) is 0 Å². The summed E-state index contributed by atoms with van der Waals surface area (Å²) in [5.41, 5.74) is 0. The first kappa shape index (κ1) is 59.9. The molecule has 22 saturated heterocycles. The van der Waals surface area contributed by atoms with Gasteiger partial charge in [0.25, 0.3) is 0 Å². The van der Waals surface area contributed by atoms with Crippen LogP contribution in [0.1, 0.15) is 12.8 Å².